The topological polar surface area (TPSA) is 73.9 Å². The molecule has 2 bridgehead atoms. The first-order chi connectivity index (χ1) is 13.2. The molecule has 27 heavy (non-hydrogen) atoms. The van der Waals surface area contributed by atoms with Gasteiger partial charge in [-0.2, -0.15) is 0 Å². The minimum Gasteiger partial charge on any atom is -0.466 e. The molecule has 0 spiro atoms. The normalized spacial score (nSPS) is 24.9. The second-order valence-electron chi connectivity index (χ2n) is 6.62. The quantitative estimate of drug-likeness (QED) is 0.821. The molecule has 6 heteroatoms. The number of hydrogen-bond donors (Lipinski definition) is 1. The van der Waals surface area contributed by atoms with E-state index < -0.39 is 24.2 Å². The Morgan fingerprint density at radius 2 is 1.63 bits per heavy atom. The summed E-state index contributed by atoms with van der Waals surface area (Å²) in [5, 5.41) is 2.82. The average molecular weight is 367 g/mol. The number of fused-ring (bicyclic) bond motifs is 5. The van der Waals surface area contributed by atoms with Crippen molar-refractivity contribution in [3.63, 3.8) is 0 Å². The molecule has 0 unspecified atom stereocenters. The summed E-state index contributed by atoms with van der Waals surface area (Å²) in [7, 11) is 0. The minimum atomic E-state index is -0.589. The Balaban J connectivity index is 1.50. The van der Waals surface area contributed by atoms with E-state index in [0.29, 0.717) is 0 Å². The average Bonchev–Trinajstić information content (AvgIpc) is 3.24. The van der Waals surface area contributed by atoms with Crippen molar-refractivity contribution in [1.29, 1.82) is 0 Å². The van der Waals surface area contributed by atoms with Crippen molar-refractivity contribution in [2.24, 2.45) is 5.92 Å². The van der Waals surface area contributed by atoms with E-state index in [1.54, 1.807) is 6.92 Å². The van der Waals surface area contributed by atoms with Crippen LogP contribution in [0.1, 0.15) is 35.8 Å². The van der Waals surface area contributed by atoms with Crippen LogP contribution in [-0.2, 0) is 25.6 Å². The molecule has 4 rings (SSSR count). The Morgan fingerprint density at radius 1 is 0.963 bits per heavy atom. The van der Waals surface area contributed by atoms with Crippen molar-refractivity contribution in [1.82, 2.24) is 5.32 Å². The number of carbonyl (C=O) groups excluding carboxylic acids is 2. The van der Waals surface area contributed by atoms with Gasteiger partial charge in [-0.25, -0.2) is 4.79 Å². The molecule has 2 aliphatic heterocycles. The number of ether oxygens (including phenoxy) is 3. The van der Waals surface area contributed by atoms with Gasteiger partial charge in [-0.05, 0) is 23.6 Å². The molecule has 140 valence electrons. The van der Waals surface area contributed by atoms with E-state index in [0.717, 1.165) is 16.7 Å². The summed E-state index contributed by atoms with van der Waals surface area (Å²) in [6.45, 7) is 2.20. The van der Waals surface area contributed by atoms with Gasteiger partial charge >= 0.3 is 12.1 Å². The van der Waals surface area contributed by atoms with Crippen LogP contribution in [0.4, 0.5) is 4.79 Å². The van der Waals surface area contributed by atoms with E-state index in [2.05, 4.69) is 5.32 Å². The smallest absolute Gasteiger partial charge is 0.407 e. The first-order valence-electron chi connectivity index (χ1n) is 9.07. The number of benzene rings is 2. The second kappa shape index (κ2) is 7.40. The third-order valence-corrected chi connectivity index (χ3v) is 5.00. The lowest BCUT2D eigenvalue weighted by Gasteiger charge is -2.28. The van der Waals surface area contributed by atoms with Gasteiger partial charge in [-0.1, -0.05) is 54.6 Å². The zero-order valence-electron chi connectivity index (χ0n) is 15.0. The third kappa shape index (κ3) is 3.28. The van der Waals surface area contributed by atoms with Crippen LogP contribution in [-0.4, -0.2) is 24.7 Å². The van der Waals surface area contributed by atoms with Gasteiger partial charge in [-0.3, -0.25) is 4.79 Å². The van der Waals surface area contributed by atoms with Gasteiger partial charge < -0.3 is 19.5 Å². The summed E-state index contributed by atoms with van der Waals surface area (Å²) in [6.07, 6.45) is -1.37. The number of hydrogen-bond acceptors (Lipinski definition) is 5. The second-order valence-corrected chi connectivity index (χ2v) is 6.62. The van der Waals surface area contributed by atoms with Crippen molar-refractivity contribution < 1.29 is 23.8 Å². The van der Waals surface area contributed by atoms with Gasteiger partial charge in [0, 0.05) is 0 Å². The highest BCUT2D eigenvalue weighted by Crippen LogP contribution is 2.54. The number of carbonyl (C=O) groups is 2. The highest BCUT2D eigenvalue weighted by Gasteiger charge is 2.56. The monoisotopic (exact) mass is 367 g/mol. The van der Waals surface area contributed by atoms with Gasteiger partial charge in [0.2, 0.25) is 0 Å². The minimum absolute atomic E-state index is 0.162. The summed E-state index contributed by atoms with van der Waals surface area (Å²) < 4.78 is 16.6. The summed E-state index contributed by atoms with van der Waals surface area (Å²) in [5.74, 6) is -0.956. The molecule has 2 heterocycles. The van der Waals surface area contributed by atoms with E-state index in [1.807, 2.05) is 54.6 Å². The maximum Gasteiger partial charge on any atom is 0.407 e. The van der Waals surface area contributed by atoms with Gasteiger partial charge in [-0.15, -0.1) is 0 Å². The van der Waals surface area contributed by atoms with E-state index in [1.165, 1.54) is 0 Å². The number of nitrogens with one attached hydrogen (secondary N) is 1. The molecular formula is C21H21NO5. The van der Waals surface area contributed by atoms with Crippen molar-refractivity contribution in [2.45, 2.75) is 31.8 Å². The van der Waals surface area contributed by atoms with Crippen LogP contribution in [0.3, 0.4) is 0 Å². The molecule has 2 aromatic rings. The molecule has 2 aliphatic rings. The molecule has 1 N–H and O–H groups in total. The van der Waals surface area contributed by atoms with E-state index in [-0.39, 0.29) is 25.3 Å². The molecule has 0 radical (unpaired) electrons. The van der Waals surface area contributed by atoms with Crippen LogP contribution in [0, 0.1) is 5.92 Å². The van der Waals surface area contributed by atoms with Crippen LogP contribution in [0.15, 0.2) is 54.6 Å². The number of alkyl carbamates (subject to hydrolysis) is 1. The lowest BCUT2D eigenvalue weighted by molar-refractivity contribution is -0.150. The fraction of sp³-hybridized carbons (Fsp3) is 0.333. The van der Waals surface area contributed by atoms with E-state index in [9.17, 15) is 9.59 Å². The molecule has 0 aromatic heterocycles. The van der Waals surface area contributed by atoms with Gasteiger partial charge in [0.05, 0.1) is 18.8 Å². The highest BCUT2D eigenvalue weighted by atomic mass is 16.6. The molecule has 1 amide bonds. The van der Waals surface area contributed by atoms with Crippen LogP contribution in [0.2, 0.25) is 0 Å². The molecule has 0 saturated carbocycles. The zero-order valence-corrected chi connectivity index (χ0v) is 15.0. The first kappa shape index (κ1) is 17.5. The van der Waals surface area contributed by atoms with Gasteiger partial charge in [0.1, 0.15) is 18.6 Å². The van der Waals surface area contributed by atoms with Crippen LogP contribution < -0.4 is 5.32 Å². The van der Waals surface area contributed by atoms with Gasteiger partial charge in [0.15, 0.2) is 0 Å². The Kier molecular flexibility index (Phi) is 4.81. The Labute approximate surface area is 157 Å². The van der Waals surface area contributed by atoms with Crippen molar-refractivity contribution in [3.8, 4) is 0 Å². The summed E-state index contributed by atoms with van der Waals surface area (Å²) >= 11 is 0. The largest absolute Gasteiger partial charge is 0.466 e. The predicted octanol–water partition coefficient (Wildman–Crippen LogP) is 3.29. The van der Waals surface area contributed by atoms with Crippen molar-refractivity contribution >= 4 is 12.1 Å². The maximum absolute atomic E-state index is 12.5. The predicted molar refractivity (Wildman–Crippen MR) is 96.7 cm³/mol. The standard InChI is InChI=1S/C21H21NO5/c1-2-25-20(23)16-17(19-15-11-7-6-10-14(15)18(16)27-19)22-21(24)26-12-13-8-4-3-5-9-13/h3-11,16-19H,2,12H2,1H3,(H,22,24)/t16-,17-,18+,19-/m0/s1. The number of rotatable bonds is 5. The number of esters is 1. The Hall–Kier alpha value is -2.86. The Bertz CT molecular complexity index is 837. The fourth-order valence-electron chi connectivity index (χ4n) is 3.84. The fourth-order valence-corrected chi connectivity index (χ4v) is 3.84. The zero-order chi connectivity index (χ0) is 18.8. The van der Waals surface area contributed by atoms with Crippen LogP contribution in [0.25, 0.3) is 0 Å². The molecule has 6 nitrogen and oxygen atoms in total. The van der Waals surface area contributed by atoms with E-state index >= 15 is 0 Å². The molecule has 2 aromatic carbocycles. The third-order valence-electron chi connectivity index (χ3n) is 5.00. The molecular weight excluding hydrogens is 346 g/mol. The summed E-state index contributed by atoms with van der Waals surface area (Å²) in [4.78, 5) is 24.9. The van der Waals surface area contributed by atoms with Gasteiger partial charge in [0.25, 0.3) is 0 Å². The van der Waals surface area contributed by atoms with Crippen LogP contribution >= 0.6 is 0 Å². The maximum atomic E-state index is 12.5. The summed E-state index contributed by atoms with van der Waals surface area (Å²) in [5.41, 5.74) is 2.87. The SMILES string of the molecule is CCOC(=O)[C@H]1[C@H](NC(=O)OCc2ccccc2)[C@H]2O[C@@H]1c1ccccc12. The van der Waals surface area contributed by atoms with Crippen molar-refractivity contribution in [2.75, 3.05) is 6.61 Å². The Morgan fingerprint density at radius 3 is 2.33 bits per heavy atom. The molecule has 0 aliphatic carbocycles. The molecule has 1 fully saturated rings. The van der Waals surface area contributed by atoms with E-state index in [4.69, 9.17) is 14.2 Å². The molecule has 4 atom stereocenters. The lowest BCUT2D eigenvalue weighted by Crippen LogP contribution is -2.46. The highest BCUT2D eigenvalue weighted by molar-refractivity contribution is 5.78. The first-order valence-corrected chi connectivity index (χ1v) is 9.07. The molecule has 1 saturated heterocycles. The van der Waals surface area contributed by atoms with Crippen molar-refractivity contribution in [3.05, 3.63) is 71.3 Å². The van der Waals surface area contributed by atoms with Crippen LogP contribution in [0.5, 0.6) is 0 Å². The lowest BCUT2D eigenvalue weighted by atomic mass is 9.80. The number of amides is 1. The summed E-state index contributed by atoms with van der Waals surface area (Å²) in [6, 6.07) is 16.7.